The molecule has 1 unspecified atom stereocenters. The summed E-state index contributed by atoms with van der Waals surface area (Å²) in [4.78, 5) is 13.5. The number of benzene rings is 1. The van der Waals surface area contributed by atoms with Crippen molar-refractivity contribution >= 4 is 11.7 Å². The van der Waals surface area contributed by atoms with Crippen LogP contribution in [0.2, 0.25) is 0 Å². The summed E-state index contributed by atoms with van der Waals surface area (Å²) in [6, 6.07) is 5.52. The van der Waals surface area contributed by atoms with Crippen LogP contribution in [0.1, 0.15) is 36.5 Å². The van der Waals surface area contributed by atoms with Crippen LogP contribution in [0.3, 0.4) is 0 Å². The quantitative estimate of drug-likeness (QED) is 0.895. The zero-order valence-corrected chi connectivity index (χ0v) is 10.8. The van der Waals surface area contributed by atoms with E-state index < -0.39 is 5.97 Å². The van der Waals surface area contributed by atoms with Crippen LogP contribution >= 0.6 is 0 Å². The summed E-state index contributed by atoms with van der Waals surface area (Å²) in [6.45, 7) is 3.05. The highest BCUT2D eigenvalue weighted by Gasteiger charge is 2.23. The number of ether oxygens (including phenoxy) is 1. The summed E-state index contributed by atoms with van der Waals surface area (Å²) in [5.74, 6) is -0.182. The smallest absolute Gasteiger partial charge is 0.337 e. The summed E-state index contributed by atoms with van der Waals surface area (Å²) in [5, 5.41) is 9.28. The first-order chi connectivity index (χ1) is 8.63. The Hall–Kier alpha value is -1.71. The molecule has 0 spiro atoms. The molecule has 1 heterocycles. The maximum atomic E-state index is 11.3. The number of anilines is 1. The second kappa shape index (κ2) is 5.29. The average molecular weight is 249 g/mol. The van der Waals surface area contributed by atoms with Crippen LogP contribution in [0, 0.1) is 0 Å². The molecule has 98 valence electrons. The standard InChI is InChI=1S/C14H19NO3/c1-10-5-3-4-8-15(10)13-9-11(18-2)6-7-12(13)14(16)17/h6-7,9-10H,3-5,8H2,1-2H3,(H,16,17). The zero-order valence-electron chi connectivity index (χ0n) is 10.8. The molecular weight excluding hydrogens is 230 g/mol. The lowest BCUT2D eigenvalue weighted by Gasteiger charge is -2.36. The van der Waals surface area contributed by atoms with Gasteiger partial charge in [0, 0.05) is 18.7 Å². The first-order valence-corrected chi connectivity index (χ1v) is 6.31. The largest absolute Gasteiger partial charge is 0.497 e. The summed E-state index contributed by atoms with van der Waals surface area (Å²) >= 11 is 0. The molecular formula is C14H19NO3. The fourth-order valence-electron chi connectivity index (χ4n) is 2.51. The van der Waals surface area contributed by atoms with Crippen LogP contribution in [-0.4, -0.2) is 30.8 Å². The average Bonchev–Trinajstić information content (AvgIpc) is 2.38. The fraction of sp³-hybridized carbons (Fsp3) is 0.500. The molecule has 1 aliphatic heterocycles. The van der Waals surface area contributed by atoms with Crippen molar-refractivity contribution in [3.05, 3.63) is 23.8 Å². The molecule has 0 saturated carbocycles. The molecule has 0 aromatic heterocycles. The van der Waals surface area contributed by atoms with E-state index in [-0.39, 0.29) is 0 Å². The number of hydrogen-bond acceptors (Lipinski definition) is 3. The van der Waals surface area contributed by atoms with Crippen molar-refractivity contribution in [3.63, 3.8) is 0 Å². The van der Waals surface area contributed by atoms with Gasteiger partial charge in [-0.2, -0.15) is 0 Å². The molecule has 1 fully saturated rings. The van der Waals surface area contributed by atoms with E-state index in [2.05, 4.69) is 11.8 Å². The molecule has 0 radical (unpaired) electrons. The van der Waals surface area contributed by atoms with Gasteiger partial charge >= 0.3 is 5.97 Å². The van der Waals surface area contributed by atoms with Crippen molar-refractivity contribution in [1.29, 1.82) is 0 Å². The lowest BCUT2D eigenvalue weighted by Crippen LogP contribution is -2.38. The van der Waals surface area contributed by atoms with Gasteiger partial charge in [-0.05, 0) is 38.3 Å². The summed E-state index contributed by atoms with van der Waals surface area (Å²) < 4.78 is 5.20. The van der Waals surface area contributed by atoms with Crippen LogP contribution in [0.25, 0.3) is 0 Å². The minimum absolute atomic E-state index is 0.351. The number of carbonyl (C=O) groups is 1. The monoisotopic (exact) mass is 249 g/mol. The molecule has 1 atom stereocenters. The molecule has 1 N–H and O–H groups in total. The minimum atomic E-state index is -0.884. The van der Waals surface area contributed by atoms with Gasteiger partial charge in [-0.1, -0.05) is 0 Å². The van der Waals surface area contributed by atoms with Gasteiger partial charge in [0.2, 0.25) is 0 Å². The van der Waals surface area contributed by atoms with Crippen LogP contribution in [-0.2, 0) is 0 Å². The van der Waals surface area contributed by atoms with Crippen LogP contribution in [0.5, 0.6) is 5.75 Å². The highest BCUT2D eigenvalue weighted by atomic mass is 16.5. The third-order valence-corrected chi connectivity index (χ3v) is 3.55. The van der Waals surface area contributed by atoms with E-state index >= 15 is 0 Å². The van der Waals surface area contributed by atoms with Gasteiger partial charge in [-0.25, -0.2) is 4.79 Å². The van der Waals surface area contributed by atoms with Gasteiger partial charge in [0.05, 0.1) is 18.4 Å². The highest BCUT2D eigenvalue weighted by Crippen LogP contribution is 2.31. The Morgan fingerprint density at radius 2 is 2.22 bits per heavy atom. The van der Waals surface area contributed by atoms with E-state index in [0.717, 1.165) is 25.1 Å². The van der Waals surface area contributed by atoms with Crippen LogP contribution in [0.15, 0.2) is 18.2 Å². The normalized spacial score (nSPS) is 19.7. The van der Waals surface area contributed by atoms with Gasteiger partial charge < -0.3 is 14.7 Å². The van der Waals surface area contributed by atoms with Gasteiger partial charge in [0.1, 0.15) is 5.75 Å². The number of carboxylic acids is 1. The molecule has 18 heavy (non-hydrogen) atoms. The third-order valence-electron chi connectivity index (χ3n) is 3.55. The van der Waals surface area contributed by atoms with Gasteiger partial charge in [-0.15, -0.1) is 0 Å². The lowest BCUT2D eigenvalue weighted by molar-refractivity contribution is 0.0697. The highest BCUT2D eigenvalue weighted by molar-refractivity contribution is 5.95. The Balaban J connectivity index is 2.42. The Labute approximate surface area is 107 Å². The van der Waals surface area contributed by atoms with Crippen molar-refractivity contribution < 1.29 is 14.6 Å². The Morgan fingerprint density at radius 3 is 2.83 bits per heavy atom. The van der Waals surface area contributed by atoms with Crippen molar-refractivity contribution in [2.75, 3.05) is 18.6 Å². The molecule has 2 rings (SSSR count). The predicted octanol–water partition coefficient (Wildman–Crippen LogP) is 2.77. The second-order valence-electron chi connectivity index (χ2n) is 4.73. The first kappa shape index (κ1) is 12.7. The van der Waals surface area contributed by atoms with E-state index in [0.29, 0.717) is 17.4 Å². The molecule has 0 bridgehead atoms. The van der Waals surface area contributed by atoms with E-state index in [9.17, 15) is 9.90 Å². The number of piperidine rings is 1. The molecule has 1 saturated heterocycles. The first-order valence-electron chi connectivity index (χ1n) is 6.31. The molecule has 1 aromatic rings. The molecule has 1 aliphatic rings. The van der Waals surface area contributed by atoms with Crippen molar-refractivity contribution in [2.24, 2.45) is 0 Å². The molecule has 1 aromatic carbocycles. The minimum Gasteiger partial charge on any atom is -0.497 e. The van der Waals surface area contributed by atoms with Crippen molar-refractivity contribution in [1.82, 2.24) is 0 Å². The number of rotatable bonds is 3. The maximum absolute atomic E-state index is 11.3. The van der Waals surface area contributed by atoms with Crippen LogP contribution in [0.4, 0.5) is 5.69 Å². The SMILES string of the molecule is COc1ccc(C(=O)O)c(N2CCCCC2C)c1. The lowest BCUT2D eigenvalue weighted by atomic mass is 10.0. The topological polar surface area (TPSA) is 49.8 Å². The summed E-state index contributed by atoms with van der Waals surface area (Å²) in [7, 11) is 1.60. The molecule has 0 aliphatic carbocycles. The Bertz CT molecular complexity index is 445. The van der Waals surface area contributed by atoms with Crippen molar-refractivity contribution in [2.45, 2.75) is 32.2 Å². The van der Waals surface area contributed by atoms with Crippen LogP contribution < -0.4 is 9.64 Å². The number of methoxy groups -OCH3 is 1. The number of hydrogen-bond donors (Lipinski definition) is 1. The third kappa shape index (κ3) is 2.42. The Kier molecular flexibility index (Phi) is 3.75. The second-order valence-corrected chi connectivity index (χ2v) is 4.73. The summed E-state index contributed by atoms with van der Waals surface area (Å²) in [5.41, 5.74) is 1.12. The fourth-order valence-corrected chi connectivity index (χ4v) is 2.51. The maximum Gasteiger partial charge on any atom is 0.337 e. The van der Waals surface area contributed by atoms with E-state index in [1.165, 1.54) is 6.42 Å². The van der Waals surface area contributed by atoms with E-state index in [4.69, 9.17) is 4.74 Å². The zero-order chi connectivity index (χ0) is 13.1. The summed E-state index contributed by atoms with van der Waals surface area (Å²) in [6.07, 6.45) is 3.43. The molecule has 4 heteroatoms. The number of nitrogens with zero attached hydrogens (tertiary/aromatic N) is 1. The van der Waals surface area contributed by atoms with Gasteiger partial charge in [-0.3, -0.25) is 0 Å². The van der Waals surface area contributed by atoms with E-state index in [1.807, 2.05) is 6.07 Å². The molecule has 0 amide bonds. The number of carboxylic acid groups (broad SMARTS) is 1. The van der Waals surface area contributed by atoms with Gasteiger partial charge in [0.15, 0.2) is 0 Å². The van der Waals surface area contributed by atoms with E-state index in [1.54, 1.807) is 19.2 Å². The molecule has 4 nitrogen and oxygen atoms in total. The Morgan fingerprint density at radius 1 is 1.44 bits per heavy atom. The van der Waals surface area contributed by atoms with Gasteiger partial charge in [0.25, 0.3) is 0 Å². The predicted molar refractivity (Wildman–Crippen MR) is 70.6 cm³/mol. The number of aromatic carboxylic acids is 1. The van der Waals surface area contributed by atoms with Crippen molar-refractivity contribution in [3.8, 4) is 5.75 Å².